The number of nitrogens with zero attached hydrogens (tertiary/aromatic N) is 1. The summed E-state index contributed by atoms with van der Waals surface area (Å²) < 4.78 is 0. The van der Waals surface area contributed by atoms with Crippen LogP contribution in [0.3, 0.4) is 0 Å². The van der Waals surface area contributed by atoms with Gasteiger partial charge in [0.15, 0.2) is 0 Å². The first kappa shape index (κ1) is 16.1. The smallest absolute Gasteiger partial charge is 0.343 e. The number of hydrogen-bond acceptors (Lipinski definition) is 4. The van der Waals surface area contributed by atoms with Gasteiger partial charge < -0.3 is 10.4 Å². The number of nitro groups is 1. The van der Waals surface area contributed by atoms with E-state index in [2.05, 4.69) is 26.1 Å². The van der Waals surface area contributed by atoms with Crippen LogP contribution in [-0.2, 0) is 6.54 Å². The molecule has 0 heterocycles. The maximum absolute atomic E-state index is 11.3. The predicted octanol–water partition coefficient (Wildman–Crippen LogP) is 2.82. The number of nitro benzene ring substituents is 1. The second kappa shape index (κ2) is 6.00. The SMILES string of the molecule is CC(NCc1cccc([N+](=O)[O-])c1C(=O)O)C(C)(C)C. The summed E-state index contributed by atoms with van der Waals surface area (Å²) in [5, 5.41) is 23.3. The number of carboxylic acids is 1. The van der Waals surface area contributed by atoms with Crippen LogP contribution in [0.2, 0.25) is 0 Å². The minimum atomic E-state index is -1.28. The molecule has 6 nitrogen and oxygen atoms in total. The van der Waals surface area contributed by atoms with Crippen LogP contribution in [0.25, 0.3) is 0 Å². The van der Waals surface area contributed by atoms with E-state index in [0.717, 1.165) is 0 Å². The molecule has 0 saturated carbocycles. The molecule has 20 heavy (non-hydrogen) atoms. The highest BCUT2D eigenvalue weighted by Crippen LogP contribution is 2.24. The second-order valence-corrected chi connectivity index (χ2v) is 5.84. The second-order valence-electron chi connectivity index (χ2n) is 5.84. The van der Waals surface area contributed by atoms with Crippen LogP contribution in [-0.4, -0.2) is 22.0 Å². The van der Waals surface area contributed by atoms with Crippen LogP contribution in [0.5, 0.6) is 0 Å². The normalized spacial score (nSPS) is 13.0. The number of hydrogen-bond donors (Lipinski definition) is 2. The van der Waals surface area contributed by atoms with E-state index in [1.165, 1.54) is 12.1 Å². The molecule has 1 rings (SSSR count). The molecule has 110 valence electrons. The van der Waals surface area contributed by atoms with Crippen LogP contribution in [0, 0.1) is 15.5 Å². The van der Waals surface area contributed by atoms with Crippen molar-refractivity contribution in [3.05, 3.63) is 39.4 Å². The number of rotatable bonds is 5. The van der Waals surface area contributed by atoms with Crippen molar-refractivity contribution in [2.75, 3.05) is 0 Å². The molecule has 0 bridgehead atoms. The van der Waals surface area contributed by atoms with Crippen molar-refractivity contribution in [3.63, 3.8) is 0 Å². The van der Waals surface area contributed by atoms with Crippen molar-refractivity contribution in [2.45, 2.75) is 40.3 Å². The fourth-order valence-corrected chi connectivity index (χ4v) is 1.70. The van der Waals surface area contributed by atoms with Gasteiger partial charge in [-0.1, -0.05) is 32.9 Å². The standard InChI is InChI=1S/C14H20N2O4/c1-9(14(2,3)4)15-8-10-6-5-7-11(16(19)20)12(10)13(17)18/h5-7,9,15H,8H2,1-4H3,(H,17,18). The van der Waals surface area contributed by atoms with E-state index in [0.29, 0.717) is 5.56 Å². The summed E-state index contributed by atoms with van der Waals surface area (Å²) in [6, 6.07) is 4.45. The highest BCUT2D eigenvalue weighted by Gasteiger charge is 2.25. The van der Waals surface area contributed by atoms with E-state index in [-0.39, 0.29) is 29.3 Å². The molecule has 1 aromatic carbocycles. The summed E-state index contributed by atoms with van der Waals surface area (Å²) >= 11 is 0. The zero-order valence-corrected chi connectivity index (χ0v) is 12.1. The van der Waals surface area contributed by atoms with Gasteiger partial charge in [-0.3, -0.25) is 10.1 Å². The lowest BCUT2D eigenvalue weighted by molar-refractivity contribution is -0.385. The molecule has 0 aliphatic heterocycles. The number of benzene rings is 1. The molecule has 0 aromatic heterocycles. The van der Waals surface area contributed by atoms with Crippen molar-refractivity contribution in [2.24, 2.45) is 5.41 Å². The molecule has 0 fully saturated rings. The summed E-state index contributed by atoms with van der Waals surface area (Å²) in [5.74, 6) is -1.28. The fourth-order valence-electron chi connectivity index (χ4n) is 1.70. The van der Waals surface area contributed by atoms with Gasteiger partial charge in [-0.2, -0.15) is 0 Å². The van der Waals surface area contributed by atoms with Crippen molar-refractivity contribution in [1.29, 1.82) is 0 Å². The van der Waals surface area contributed by atoms with Gasteiger partial charge in [-0.25, -0.2) is 4.79 Å². The first-order valence-corrected chi connectivity index (χ1v) is 6.37. The number of carbonyl (C=O) groups is 1. The van der Waals surface area contributed by atoms with Gasteiger partial charge in [0.2, 0.25) is 0 Å². The largest absolute Gasteiger partial charge is 0.477 e. The van der Waals surface area contributed by atoms with Gasteiger partial charge in [0.05, 0.1) is 4.92 Å². The van der Waals surface area contributed by atoms with Crippen LogP contribution >= 0.6 is 0 Å². The molecular weight excluding hydrogens is 260 g/mol. The zero-order valence-electron chi connectivity index (χ0n) is 12.1. The van der Waals surface area contributed by atoms with Gasteiger partial charge >= 0.3 is 5.97 Å². The third-order valence-corrected chi connectivity index (χ3v) is 3.44. The topological polar surface area (TPSA) is 92.5 Å². The maximum Gasteiger partial charge on any atom is 0.343 e. The molecule has 0 radical (unpaired) electrons. The van der Waals surface area contributed by atoms with Crippen molar-refractivity contribution < 1.29 is 14.8 Å². The lowest BCUT2D eigenvalue weighted by Crippen LogP contribution is -2.37. The molecule has 6 heteroatoms. The van der Waals surface area contributed by atoms with E-state index in [1.54, 1.807) is 6.07 Å². The lowest BCUT2D eigenvalue weighted by Gasteiger charge is -2.28. The summed E-state index contributed by atoms with van der Waals surface area (Å²) in [6.45, 7) is 8.47. The first-order chi connectivity index (χ1) is 9.14. The molecular formula is C14H20N2O4. The Bertz CT molecular complexity index is 520. The summed E-state index contributed by atoms with van der Waals surface area (Å²) in [6.07, 6.45) is 0. The van der Waals surface area contributed by atoms with Crippen LogP contribution < -0.4 is 5.32 Å². The first-order valence-electron chi connectivity index (χ1n) is 6.37. The average molecular weight is 280 g/mol. The van der Waals surface area contributed by atoms with Gasteiger partial charge in [0.1, 0.15) is 5.56 Å². The lowest BCUT2D eigenvalue weighted by atomic mass is 9.88. The zero-order chi connectivity index (χ0) is 15.5. The van der Waals surface area contributed by atoms with Gasteiger partial charge in [0.25, 0.3) is 5.69 Å². The Kier molecular flexibility index (Phi) is 4.83. The Labute approximate surface area is 118 Å². The van der Waals surface area contributed by atoms with Gasteiger partial charge in [-0.05, 0) is 17.9 Å². The highest BCUT2D eigenvalue weighted by molar-refractivity contribution is 5.94. The number of carboxylic acid groups (broad SMARTS) is 1. The highest BCUT2D eigenvalue weighted by atomic mass is 16.6. The molecule has 1 aromatic rings. The molecule has 1 atom stereocenters. The maximum atomic E-state index is 11.3. The third kappa shape index (κ3) is 3.77. The number of aromatic carboxylic acids is 1. The summed E-state index contributed by atoms with van der Waals surface area (Å²) in [7, 11) is 0. The third-order valence-electron chi connectivity index (χ3n) is 3.44. The quantitative estimate of drug-likeness (QED) is 0.639. The van der Waals surface area contributed by atoms with E-state index in [9.17, 15) is 20.0 Å². The molecule has 0 spiro atoms. The predicted molar refractivity (Wildman–Crippen MR) is 75.8 cm³/mol. The Morgan fingerprint density at radius 3 is 2.50 bits per heavy atom. The van der Waals surface area contributed by atoms with Crippen LogP contribution in [0.15, 0.2) is 18.2 Å². The Hall–Kier alpha value is -1.95. The molecule has 0 aliphatic rings. The molecule has 0 aliphatic carbocycles. The number of nitrogens with one attached hydrogen (secondary N) is 1. The molecule has 0 amide bonds. The van der Waals surface area contributed by atoms with Crippen molar-refractivity contribution >= 4 is 11.7 Å². The molecule has 2 N–H and O–H groups in total. The van der Waals surface area contributed by atoms with Crippen LogP contribution in [0.1, 0.15) is 43.6 Å². The van der Waals surface area contributed by atoms with E-state index in [4.69, 9.17) is 0 Å². The van der Waals surface area contributed by atoms with Gasteiger partial charge in [-0.15, -0.1) is 0 Å². The van der Waals surface area contributed by atoms with Crippen molar-refractivity contribution in [3.8, 4) is 0 Å². The Morgan fingerprint density at radius 1 is 1.45 bits per heavy atom. The van der Waals surface area contributed by atoms with E-state index in [1.807, 2.05) is 6.92 Å². The van der Waals surface area contributed by atoms with Gasteiger partial charge in [0, 0.05) is 18.7 Å². The Balaban J connectivity index is 3.04. The Morgan fingerprint density at radius 2 is 2.05 bits per heavy atom. The van der Waals surface area contributed by atoms with Crippen LogP contribution in [0.4, 0.5) is 5.69 Å². The fraction of sp³-hybridized carbons (Fsp3) is 0.500. The monoisotopic (exact) mass is 280 g/mol. The van der Waals surface area contributed by atoms with E-state index >= 15 is 0 Å². The molecule has 1 unspecified atom stereocenters. The summed E-state index contributed by atoms with van der Waals surface area (Å²) in [4.78, 5) is 21.5. The summed E-state index contributed by atoms with van der Waals surface area (Å²) in [5.41, 5.74) is -0.182. The minimum absolute atomic E-state index is 0.0180. The van der Waals surface area contributed by atoms with E-state index < -0.39 is 10.9 Å². The molecule has 0 saturated heterocycles. The van der Waals surface area contributed by atoms with Crippen molar-refractivity contribution in [1.82, 2.24) is 5.32 Å². The minimum Gasteiger partial charge on any atom is -0.477 e. The average Bonchev–Trinajstić information content (AvgIpc) is 2.33.